The van der Waals surface area contributed by atoms with Gasteiger partial charge in [0.05, 0.1) is 22.7 Å². The Balaban J connectivity index is 1.68. The van der Waals surface area contributed by atoms with Crippen molar-refractivity contribution in [2.75, 3.05) is 50.6 Å². The van der Waals surface area contributed by atoms with E-state index in [-0.39, 0.29) is 22.6 Å². The molecule has 0 spiro atoms. The number of thiophene rings is 1. The lowest BCUT2D eigenvalue weighted by molar-refractivity contribution is -0.136. The summed E-state index contributed by atoms with van der Waals surface area (Å²) < 4.78 is 61.7. The van der Waals surface area contributed by atoms with Gasteiger partial charge < -0.3 is 19.9 Å². The van der Waals surface area contributed by atoms with Gasteiger partial charge in [-0.15, -0.1) is 11.3 Å². The molecule has 0 bridgehead atoms. The molecule has 176 valence electrons. The number of ether oxygens (including phenoxy) is 1. The fourth-order valence-corrected chi connectivity index (χ4v) is 5.07. The van der Waals surface area contributed by atoms with Crippen LogP contribution in [-0.2, 0) is 17.5 Å². The summed E-state index contributed by atoms with van der Waals surface area (Å²) in [5, 5.41) is 2.64. The average Bonchev–Trinajstić information content (AvgIpc) is 3.14. The zero-order valence-electron chi connectivity index (χ0n) is 18.1. The van der Waals surface area contributed by atoms with Crippen LogP contribution in [0.5, 0.6) is 0 Å². The van der Waals surface area contributed by atoms with Crippen molar-refractivity contribution in [1.29, 1.82) is 0 Å². The topological polar surface area (TPSA) is 44.8 Å². The molecule has 1 aliphatic rings. The minimum atomic E-state index is -4.66. The lowest BCUT2D eigenvalue weighted by Crippen LogP contribution is -2.44. The van der Waals surface area contributed by atoms with E-state index in [1.165, 1.54) is 25.3 Å². The van der Waals surface area contributed by atoms with E-state index in [0.717, 1.165) is 30.5 Å². The molecule has 0 aliphatic carbocycles. The van der Waals surface area contributed by atoms with E-state index in [9.17, 15) is 22.4 Å². The fraction of sp³-hybridized carbons (Fsp3) is 0.348. The summed E-state index contributed by atoms with van der Waals surface area (Å²) in [5.74, 6) is -1.25. The number of hydrogen-bond donors (Lipinski definition) is 1. The minimum absolute atomic E-state index is 0.0435. The summed E-state index contributed by atoms with van der Waals surface area (Å²) in [5.41, 5.74) is -0.493. The largest absolute Gasteiger partial charge is 0.418 e. The van der Waals surface area contributed by atoms with Crippen molar-refractivity contribution < 1.29 is 27.1 Å². The normalized spacial score (nSPS) is 15.3. The van der Waals surface area contributed by atoms with Crippen molar-refractivity contribution in [2.24, 2.45) is 0 Å². The molecule has 1 saturated heterocycles. The molecule has 1 N–H and O–H groups in total. The van der Waals surface area contributed by atoms with E-state index in [1.807, 2.05) is 11.9 Å². The van der Waals surface area contributed by atoms with Crippen LogP contribution >= 0.6 is 11.3 Å². The summed E-state index contributed by atoms with van der Waals surface area (Å²) >= 11 is 1.02. The summed E-state index contributed by atoms with van der Waals surface area (Å²) in [7, 11) is 3.37. The molecule has 10 heteroatoms. The van der Waals surface area contributed by atoms with Gasteiger partial charge >= 0.3 is 6.18 Å². The highest BCUT2D eigenvalue weighted by molar-refractivity contribution is 7.21. The molecular formula is C23H23F4N3O2S. The molecule has 0 atom stereocenters. The highest BCUT2D eigenvalue weighted by Gasteiger charge is 2.35. The number of amides is 1. The first-order valence-electron chi connectivity index (χ1n) is 10.3. The van der Waals surface area contributed by atoms with Crippen molar-refractivity contribution >= 4 is 38.7 Å². The van der Waals surface area contributed by atoms with Gasteiger partial charge in [0, 0.05) is 54.6 Å². The van der Waals surface area contributed by atoms with E-state index in [1.54, 1.807) is 12.1 Å². The van der Waals surface area contributed by atoms with Crippen LogP contribution in [-0.4, -0.2) is 51.1 Å². The van der Waals surface area contributed by atoms with Crippen LogP contribution in [0.3, 0.4) is 0 Å². The Bertz CT molecular complexity index is 1170. The third kappa shape index (κ3) is 4.83. The number of carbonyl (C=O) groups is 1. The van der Waals surface area contributed by atoms with Gasteiger partial charge in [-0.25, -0.2) is 4.39 Å². The first-order chi connectivity index (χ1) is 15.7. The molecule has 5 nitrogen and oxygen atoms in total. The molecule has 1 aliphatic heterocycles. The molecule has 4 rings (SSSR count). The lowest BCUT2D eigenvalue weighted by Gasteiger charge is -2.34. The molecular weight excluding hydrogens is 458 g/mol. The van der Waals surface area contributed by atoms with Crippen LogP contribution in [0, 0.1) is 5.82 Å². The number of nitrogens with one attached hydrogen (secondary N) is 1. The second kappa shape index (κ2) is 9.28. The molecule has 3 aromatic rings. The molecule has 2 heterocycles. The van der Waals surface area contributed by atoms with Crippen LogP contribution < -0.4 is 10.2 Å². The Morgan fingerprint density at radius 2 is 1.88 bits per heavy atom. The average molecular weight is 482 g/mol. The third-order valence-corrected chi connectivity index (χ3v) is 6.88. The van der Waals surface area contributed by atoms with Gasteiger partial charge in [0.1, 0.15) is 5.82 Å². The van der Waals surface area contributed by atoms with Crippen LogP contribution in [0.25, 0.3) is 10.1 Å². The lowest BCUT2D eigenvalue weighted by atomic mass is 10.1. The zero-order chi connectivity index (χ0) is 23.8. The summed E-state index contributed by atoms with van der Waals surface area (Å²) in [6.07, 6.45) is -4.66. The number of methoxy groups -OCH3 is 1. The van der Waals surface area contributed by atoms with E-state index in [4.69, 9.17) is 4.74 Å². The Morgan fingerprint density at radius 1 is 1.15 bits per heavy atom. The second-order valence-electron chi connectivity index (χ2n) is 7.93. The quantitative estimate of drug-likeness (QED) is 0.509. The zero-order valence-corrected chi connectivity index (χ0v) is 18.9. The molecule has 2 aromatic carbocycles. The van der Waals surface area contributed by atoms with Crippen molar-refractivity contribution in [1.82, 2.24) is 4.90 Å². The minimum Gasteiger partial charge on any atom is -0.380 e. The highest BCUT2D eigenvalue weighted by Crippen LogP contribution is 2.39. The molecule has 1 fully saturated rings. The SMILES string of the molecule is COCc1c(C(=O)Nc2ccc(N3CCN(C)CC3)cc2C(F)(F)F)sc2cccc(F)c12. The van der Waals surface area contributed by atoms with E-state index < -0.39 is 23.5 Å². The number of anilines is 2. The Hall–Kier alpha value is -2.69. The monoisotopic (exact) mass is 481 g/mol. The van der Waals surface area contributed by atoms with Gasteiger partial charge in [0.15, 0.2) is 0 Å². The number of rotatable bonds is 5. The molecule has 33 heavy (non-hydrogen) atoms. The number of likely N-dealkylation sites (N-methyl/N-ethyl adjacent to an activating group) is 1. The van der Waals surface area contributed by atoms with E-state index in [0.29, 0.717) is 29.0 Å². The second-order valence-corrected chi connectivity index (χ2v) is 8.98. The molecule has 1 aromatic heterocycles. The number of benzene rings is 2. The Labute approximate surface area is 192 Å². The molecule has 0 radical (unpaired) electrons. The molecule has 0 unspecified atom stereocenters. The van der Waals surface area contributed by atoms with Crippen molar-refractivity contribution in [3.8, 4) is 0 Å². The standard InChI is InChI=1S/C23H23F4N3O2S/c1-29-8-10-30(11-9-29)14-6-7-18(16(12-14)23(25,26)27)28-22(31)21-15(13-32-2)20-17(24)4-3-5-19(20)33-21/h3-7,12H,8-11,13H2,1-2H3,(H,28,31). The van der Waals surface area contributed by atoms with Gasteiger partial charge in [-0.3, -0.25) is 4.79 Å². The Kier molecular flexibility index (Phi) is 6.60. The van der Waals surface area contributed by atoms with E-state index >= 15 is 0 Å². The number of fused-ring (bicyclic) bond motifs is 1. The molecule has 0 saturated carbocycles. The highest BCUT2D eigenvalue weighted by atomic mass is 32.1. The van der Waals surface area contributed by atoms with Gasteiger partial charge in [0.2, 0.25) is 0 Å². The number of carbonyl (C=O) groups excluding carboxylic acids is 1. The molecule has 1 amide bonds. The number of alkyl halides is 3. The fourth-order valence-electron chi connectivity index (χ4n) is 3.95. The van der Waals surface area contributed by atoms with Gasteiger partial charge in [-0.1, -0.05) is 6.07 Å². The number of piperazine rings is 1. The van der Waals surface area contributed by atoms with Crippen molar-refractivity contribution in [3.63, 3.8) is 0 Å². The van der Waals surface area contributed by atoms with Gasteiger partial charge in [-0.2, -0.15) is 13.2 Å². The number of nitrogens with zero attached hydrogens (tertiary/aromatic N) is 2. The first-order valence-corrected chi connectivity index (χ1v) is 11.2. The van der Waals surface area contributed by atoms with Crippen LogP contribution in [0.1, 0.15) is 20.8 Å². The van der Waals surface area contributed by atoms with Crippen molar-refractivity contribution in [3.05, 3.63) is 58.2 Å². The van der Waals surface area contributed by atoms with Gasteiger partial charge in [0.25, 0.3) is 5.91 Å². The van der Waals surface area contributed by atoms with Gasteiger partial charge in [-0.05, 0) is 37.4 Å². The number of halogens is 4. The first kappa shape index (κ1) is 23.5. The summed E-state index contributed by atoms with van der Waals surface area (Å²) in [6, 6.07) is 8.38. The smallest absolute Gasteiger partial charge is 0.380 e. The number of hydrogen-bond acceptors (Lipinski definition) is 5. The van der Waals surface area contributed by atoms with Crippen molar-refractivity contribution in [2.45, 2.75) is 12.8 Å². The Morgan fingerprint density at radius 3 is 2.55 bits per heavy atom. The maximum atomic E-state index is 14.4. The maximum absolute atomic E-state index is 14.4. The maximum Gasteiger partial charge on any atom is 0.418 e. The van der Waals surface area contributed by atoms with E-state index in [2.05, 4.69) is 10.2 Å². The summed E-state index contributed by atoms with van der Waals surface area (Å²) in [6.45, 7) is 2.70. The van der Waals surface area contributed by atoms with Crippen LogP contribution in [0.4, 0.5) is 28.9 Å². The summed E-state index contributed by atoms with van der Waals surface area (Å²) in [4.78, 5) is 17.2. The third-order valence-electron chi connectivity index (χ3n) is 5.68. The van der Waals surface area contributed by atoms with Crippen LogP contribution in [0.2, 0.25) is 0 Å². The van der Waals surface area contributed by atoms with Crippen LogP contribution in [0.15, 0.2) is 36.4 Å². The predicted octanol–water partition coefficient (Wildman–Crippen LogP) is 5.21. The predicted molar refractivity (Wildman–Crippen MR) is 122 cm³/mol.